The van der Waals surface area contributed by atoms with E-state index in [0.29, 0.717) is 36.8 Å². The van der Waals surface area contributed by atoms with Crippen molar-refractivity contribution in [3.63, 3.8) is 0 Å². The minimum absolute atomic E-state index is 0.0782. The Hall–Kier alpha value is -2.62. The average Bonchev–Trinajstić information content (AvgIpc) is 3.24. The molecule has 2 aliphatic rings. The number of carbonyl (C=O) groups excluding carboxylic acids is 2. The van der Waals surface area contributed by atoms with Gasteiger partial charge < -0.3 is 9.64 Å². The molecule has 2 atom stereocenters. The van der Waals surface area contributed by atoms with Crippen LogP contribution in [0.3, 0.4) is 0 Å². The first-order chi connectivity index (χ1) is 16.2. The van der Waals surface area contributed by atoms with Crippen molar-refractivity contribution in [2.45, 2.75) is 24.9 Å². The molecule has 2 fully saturated rings. The fourth-order valence-corrected chi connectivity index (χ4v) is 4.58. The van der Waals surface area contributed by atoms with Crippen molar-refractivity contribution in [2.24, 2.45) is 0 Å². The van der Waals surface area contributed by atoms with Crippen LogP contribution in [-0.2, 0) is 16.1 Å². The van der Waals surface area contributed by atoms with Crippen molar-refractivity contribution in [3.8, 4) is 0 Å². The van der Waals surface area contributed by atoms with E-state index in [2.05, 4.69) is 4.90 Å². The Bertz CT molecular complexity index is 996. The van der Waals surface area contributed by atoms with Gasteiger partial charge in [0.2, 0.25) is 0 Å². The molecular weight excluding hydrogens is 471 g/mol. The summed E-state index contributed by atoms with van der Waals surface area (Å²) < 4.78 is 43.5. The number of ether oxygens (including phenoxy) is 1. The number of alkyl halides is 3. The van der Waals surface area contributed by atoms with E-state index in [9.17, 15) is 22.8 Å². The van der Waals surface area contributed by atoms with Gasteiger partial charge >= 0.3 is 12.1 Å². The molecule has 34 heavy (non-hydrogen) atoms. The van der Waals surface area contributed by atoms with Crippen LogP contribution in [0.1, 0.15) is 15.9 Å². The molecule has 4 rings (SSSR count). The smallest absolute Gasteiger partial charge is 0.452 e. The third kappa shape index (κ3) is 5.89. The van der Waals surface area contributed by atoms with Crippen molar-refractivity contribution in [2.75, 3.05) is 39.3 Å². The monoisotopic (exact) mass is 495 g/mol. The molecule has 2 aromatic carbocycles. The molecule has 1 amide bonds. The molecule has 0 spiro atoms. The zero-order valence-electron chi connectivity index (χ0n) is 18.4. The van der Waals surface area contributed by atoms with Crippen molar-refractivity contribution < 1.29 is 27.5 Å². The Kier molecular flexibility index (Phi) is 7.45. The zero-order valence-corrected chi connectivity index (χ0v) is 19.1. The number of likely N-dealkylation sites (tertiary alicyclic amines) is 1. The number of hydrogen-bond donors (Lipinski definition) is 0. The number of benzene rings is 2. The normalized spacial score (nSPS) is 22.1. The highest BCUT2D eigenvalue weighted by Gasteiger charge is 2.47. The second kappa shape index (κ2) is 10.3. The van der Waals surface area contributed by atoms with Crippen LogP contribution >= 0.6 is 11.6 Å². The van der Waals surface area contributed by atoms with Crippen LogP contribution in [0.15, 0.2) is 54.6 Å². The topological polar surface area (TPSA) is 53.1 Å². The van der Waals surface area contributed by atoms with Gasteiger partial charge in [-0.1, -0.05) is 41.9 Å². The lowest BCUT2D eigenvalue weighted by Gasteiger charge is -2.39. The maximum atomic E-state index is 12.9. The Morgan fingerprint density at radius 2 is 1.59 bits per heavy atom. The van der Waals surface area contributed by atoms with Crippen molar-refractivity contribution in [3.05, 3.63) is 70.7 Å². The third-order valence-electron chi connectivity index (χ3n) is 6.23. The van der Waals surface area contributed by atoms with Crippen molar-refractivity contribution in [1.82, 2.24) is 14.7 Å². The number of carbonyl (C=O) groups is 2. The molecular formula is C24H25ClF3N3O3. The maximum Gasteiger partial charge on any atom is 0.490 e. The van der Waals surface area contributed by atoms with Crippen LogP contribution in [0.4, 0.5) is 13.2 Å². The summed E-state index contributed by atoms with van der Waals surface area (Å²) in [5, 5.41) is 0.670. The van der Waals surface area contributed by atoms with E-state index in [0.717, 1.165) is 12.1 Å². The Balaban J connectivity index is 1.42. The minimum Gasteiger partial charge on any atom is -0.452 e. The third-order valence-corrected chi connectivity index (χ3v) is 6.48. The first-order valence-corrected chi connectivity index (χ1v) is 11.4. The number of piperazine rings is 1. The van der Waals surface area contributed by atoms with Crippen molar-refractivity contribution in [1.29, 1.82) is 0 Å². The fourth-order valence-electron chi connectivity index (χ4n) is 4.46. The van der Waals surface area contributed by atoms with Gasteiger partial charge in [0.15, 0.2) is 0 Å². The molecule has 182 valence electrons. The number of rotatable bonds is 5. The molecule has 0 radical (unpaired) electrons. The lowest BCUT2D eigenvalue weighted by Crippen LogP contribution is -2.54. The fraction of sp³-hybridized carbons (Fsp3) is 0.417. The molecule has 10 heteroatoms. The highest BCUT2D eigenvalue weighted by atomic mass is 35.5. The van der Waals surface area contributed by atoms with Crippen LogP contribution < -0.4 is 0 Å². The summed E-state index contributed by atoms with van der Waals surface area (Å²) >= 11 is 5.94. The number of esters is 1. The second-order valence-electron chi connectivity index (χ2n) is 8.52. The van der Waals surface area contributed by atoms with Crippen molar-refractivity contribution >= 4 is 23.5 Å². The summed E-state index contributed by atoms with van der Waals surface area (Å²) in [6, 6.07) is 15.6. The summed E-state index contributed by atoms with van der Waals surface area (Å²) in [6.07, 6.45) is -6.14. The highest BCUT2D eigenvalue weighted by molar-refractivity contribution is 6.30. The first-order valence-electron chi connectivity index (χ1n) is 11.0. The molecule has 2 heterocycles. The van der Waals surface area contributed by atoms with Gasteiger partial charge in [-0.05, 0) is 29.8 Å². The number of hydrogen-bond acceptors (Lipinski definition) is 5. The molecule has 0 N–H and O–H groups in total. The van der Waals surface area contributed by atoms with Crippen LogP contribution in [0, 0.1) is 0 Å². The van der Waals surface area contributed by atoms with Gasteiger partial charge in [0.05, 0.1) is 12.6 Å². The number of amides is 1. The SMILES string of the molecule is O=C(c1ccccc1)N1C[C@H](OC(=O)C(F)(F)F)[C@@H](N2CCN(Cc3ccc(Cl)cc3)CC2)C1. The Morgan fingerprint density at radius 3 is 2.21 bits per heavy atom. The van der Waals surface area contributed by atoms with E-state index in [-0.39, 0.29) is 19.0 Å². The standard InChI is InChI=1S/C24H25ClF3N3O3/c25-19-8-6-17(7-9-19)14-29-10-12-30(13-11-29)20-15-31(22(32)18-4-2-1-3-5-18)16-21(20)34-23(33)24(26,27)28/h1-9,20-21H,10-16H2/t20-,21-/m0/s1. The largest absolute Gasteiger partial charge is 0.490 e. The molecule has 0 unspecified atom stereocenters. The van der Waals surface area contributed by atoms with Gasteiger partial charge in [0.25, 0.3) is 5.91 Å². The van der Waals surface area contributed by atoms with E-state index in [4.69, 9.17) is 16.3 Å². The van der Waals surface area contributed by atoms with E-state index in [1.54, 1.807) is 30.3 Å². The number of nitrogens with zero attached hydrogens (tertiary/aromatic N) is 3. The zero-order chi connectivity index (χ0) is 24.3. The quantitative estimate of drug-likeness (QED) is 0.595. The predicted octanol–water partition coefficient (Wildman–Crippen LogP) is 3.46. The lowest BCUT2D eigenvalue weighted by atomic mass is 10.1. The van der Waals surface area contributed by atoms with Gasteiger partial charge in [0, 0.05) is 49.9 Å². The molecule has 2 saturated heterocycles. The summed E-state index contributed by atoms with van der Waals surface area (Å²) in [5.74, 6) is -2.52. The molecule has 0 bridgehead atoms. The Morgan fingerprint density at radius 1 is 0.941 bits per heavy atom. The molecule has 0 saturated carbocycles. The van der Waals surface area contributed by atoms with Crippen LogP contribution in [0.5, 0.6) is 0 Å². The maximum absolute atomic E-state index is 12.9. The van der Waals surface area contributed by atoms with Gasteiger partial charge in [-0.2, -0.15) is 13.2 Å². The lowest BCUT2D eigenvalue weighted by molar-refractivity contribution is -0.206. The molecule has 2 aliphatic heterocycles. The van der Waals surface area contributed by atoms with Gasteiger partial charge in [-0.25, -0.2) is 4.79 Å². The summed E-state index contributed by atoms with van der Waals surface area (Å²) in [6.45, 7) is 3.43. The van der Waals surface area contributed by atoms with Crippen LogP contribution in [0.25, 0.3) is 0 Å². The molecule has 0 aliphatic carbocycles. The summed E-state index contributed by atoms with van der Waals surface area (Å²) in [4.78, 5) is 30.2. The van der Waals surface area contributed by atoms with E-state index in [1.165, 1.54) is 4.90 Å². The molecule has 2 aromatic rings. The summed E-state index contributed by atoms with van der Waals surface area (Å²) in [7, 11) is 0. The van der Waals surface area contributed by atoms with Gasteiger partial charge in [-0.3, -0.25) is 14.6 Å². The van der Waals surface area contributed by atoms with E-state index in [1.807, 2.05) is 29.2 Å². The van der Waals surface area contributed by atoms with Crippen LogP contribution in [0.2, 0.25) is 5.02 Å². The van der Waals surface area contributed by atoms with Gasteiger partial charge in [-0.15, -0.1) is 0 Å². The first kappa shape index (κ1) is 24.5. The van der Waals surface area contributed by atoms with E-state index >= 15 is 0 Å². The van der Waals surface area contributed by atoms with Gasteiger partial charge in [0.1, 0.15) is 6.10 Å². The Labute approximate surface area is 200 Å². The predicted molar refractivity (Wildman–Crippen MR) is 120 cm³/mol. The van der Waals surface area contributed by atoms with E-state index < -0.39 is 24.3 Å². The summed E-state index contributed by atoms with van der Waals surface area (Å²) in [5.41, 5.74) is 1.56. The minimum atomic E-state index is -5.08. The molecule has 0 aromatic heterocycles. The average molecular weight is 496 g/mol. The highest BCUT2D eigenvalue weighted by Crippen LogP contribution is 2.26. The van der Waals surface area contributed by atoms with Crippen LogP contribution in [-0.4, -0.2) is 84.2 Å². The molecule has 6 nitrogen and oxygen atoms in total. The second-order valence-corrected chi connectivity index (χ2v) is 8.96. The number of halogens is 4.